The van der Waals surface area contributed by atoms with Crippen molar-refractivity contribution in [3.63, 3.8) is 0 Å². The van der Waals surface area contributed by atoms with Gasteiger partial charge in [-0.15, -0.1) is 0 Å². The molecule has 0 spiro atoms. The second kappa shape index (κ2) is 8.64. The van der Waals surface area contributed by atoms with Crippen molar-refractivity contribution < 1.29 is 45.8 Å². The topological polar surface area (TPSA) is 66.4 Å². The number of carbonyl (C=O) groups is 1. The predicted molar refractivity (Wildman–Crippen MR) is 94.6 cm³/mol. The lowest BCUT2D eigenvalue weighted by Gasteiger charge is -2.27. The normalized spacial score (nSPS) is 26.0. The fraction of sp³-hybridized carbons (Fsp3) is 0.500. The molecule has 2 bridgehead atoms. The Morgan fingerprint density at radius 3 is 2.26 bits per heavy atom. The number of nitrogens with zero attached hydrogens (tertiary/aromatic N) is 1. The van der Waals surface area contributed by atoms with Crippen LogP contribution in [0.2, 0.25) is 0 Å². The van der Waals surface area contributed by atoms with Gasteiger partial charge in [0.25, 0.3) is 0 Å². The molecule has 0 aliphatic carbocycles. The van der Waals surface area contributed by atoms with Crippen molar-refractivity contribution in [2.45, 2.75) is 50.1 Å². The van der Waals surface area contributed by atoms with E-state index in [1.807, 2.05) is 6.08 Å². The van der Waals surface area contributed by atoms with Gasteiger partial charge in [-0.3, -0.25) is 0 Å². The number of rotatable bonds is 6. The summed E-state index contributed by atoms with van der Waals surface area (Å²) >= 11 is 0. The summed E-state index contributed by atoms with van der Waals surface area (Å²) in [6.07, 6.45) is 5.41. The maximum Gasteiger partial charge on any atom is 0.371 e. The maximum absolute atomic E-state index is 13.9. The summed E-state index contributed by atoms with van der Waals surface area (Å²) in [6.45, 7) is 1.05. The molecule has 1 aromatic rings. The Hall–Kier alpha value is -2.37. The fourth-order valence-electron chi connectivity index (χ4n) is 3.79. The summed E-state index contributed by atoms with van der Waals surface area (Å²) < 4.78 is 84.6. The van der Waals surface area contributed by atoms with E-state index in [0.717, 1.165) is 6.42 Å². The van der Waals surface area contributed by atoms with Crippen molar-refractivity contribution in [3.8, 4) is 0 Å². The molecule has 11 heteroatoms. The lowest BCUT2D eigenvalue weighted by Crippen LogP contribution is -2.36. The van der Waals surface area contributed by atoms with Gasteiger partial charge in [0.2, 0.25) is 5.82 Å². The van der Waals surface area contributed by atoms with Gasteiger partial charge in [-0.05, 0) is 31.8 Å². The molecule has 0 aromatic heterocycles. The number of hydrogen-bond donors (Lipinski definition) is 0. The Bertz CT molecular complexity index is 917. The molecule has 4 rings (SSSR count). The van der Waals surface area contributed by atoms with Crippen molar-refractivity contribution in [1.29, 1.82) is 0 Å². The molecule has 2 saturated heterocycles. The number of hydrogen-bond acceptors (Lipinski definition) is 6. The molecule has 0 saturated carbocycles. The lowest BCUT2D eigenvalue weighted by molar-refractivity contribution is -0.180. The van der Waals surface area contributed by atoms with Gasteiger partial charge in [0.1, 0.15) is 11.2 Å². The van der Waals surface area contributed by atoms with Gasteiger partial charge in [0.15, 0.2) is 29.6 Å². The monoisotopic (exact) mass is 447 g/mol. The SMILES string of the molecule is O=C(O/N=C(/CCC1OCCCO1)C12C=CC(CC1)O2)c1c(F)c(F)c(F)c(F)c1F. The molecular weight excluding hydrogens is 429 g/mol. The largest absolute Gasteiger partial charge is 0.371 e. The van der Waals surface area contributed by atoms with Crippen LogP contribution < -0.4 is 0 Å². The van der Waals surface area contributed by atoms with Gasteiger partial charge in [0, 0.05) is 6.42 Å². The number of ether oxygens (including phenoxy) is 3. The minimum absolute atomic E-state index is 0.140. The molecule has 0 N–H and O–H groups in total. The first-order valence-corrected chi connectivity index (χ1v) is 9.73. The third kappa shape index (κ3) is 4.09. The zero-order valence-electron chi connectivity index (χ0n) is 16.1. The number of halogens is 5. The van der Waals surface area contributed by atoms with Gasteiger partial charge in [0.05, 0.1) is 25.0 Å². The highest BCUT2D eigenvalue weighted by atomic mass is 19.2. The molecule has 0 amide bonds. The van der Waals surface area contributed by atoms with Gasteiger partial charge in [-0.2, -0.15) is 0 Å². The second-order valence-electron chi connectivity index (χ2n) is 7.37. The summed E-state index contributed by atoms with van der Waals surface area (Å²) in [4.78, 5) is 16.8. The van der Waals surface area contributed by atoms with Crippen LogP contribution in [-0.2, 0) is 19.0 Å². The van der Waals surface area contributed by atoms with Crippen LogP contribution in [0.1, 0.15) is 42.5 Å². The second-order valence-corrected chi connectivity index (χ2v) is 7.37. The summed E-state index contributed by atoms with van der Waals surface area (Å²) in [5.74, 6) is -13.3. The summed E-state index contributed by atoms with van der Waals surface area (Å²) in [7, 11) is 0. The zero-order valence-corrected chi connectivity index (χ0v) is 16.1. The molecule has 1 aromatic carbocycles. The van der Waals surface area contributed by atoms with Gasteiger partial charge in [-0.25, -0.2) is 26.7 Å². The van der Waals surface area contributed by atoms with E-state index in [9.17, 15) is 26.7 Å². The van der Waals surface area contributed by atoms with Crippen molar-refractivity contribution >= 4 is 11.7 Å². The van der Waals surface area contributed by atoms with Crippen LogP contribution in [0.15, 0.2) is 17.3 Å². The molecule has 168 valence electrons. The van der Waals surface area contributed by atoms with Crippen LogP contribution in [0.5, 0.6) is 0 Å². The molecule has 31 heavy (non-hydrogen) atoms. The van der Waals surface area contributed by atoms with Crippen LogP contribution in [0, 0.1) is 29.1 Å². The average Bonchev–Trinajstić information content (AvgIpc) is 3.39. The van der Waals surface area contributed by atoms with Crippen LogP contribution in [0.3, 0.4) is 0 Å². The Morgan fingerprint density at radius 1 is 1.06 bits per heavy atom. The highest BCUT2D eigenvalue weighted by molar-refractivity contribution is 5.96. The van der Waals surface area contributed by atoms with E-state index in [1.54, 1.807) is 6.08 Å². The first kappa shape index (κ1) is 21.8. The number of benzene rings is 1. The van der Waals surface area contributed by atoms with Crippen LogP contribution >= 0.6 is 0 Å². The quantitative estimate of drug-likeness (QED) is 0.126. The molecule has 0 radical (unpaired) electrons. The number of carbonyl (C=O) groups excluding carboxylic acids is 1. The Labute approximate surface area is 173 Å². The first-order chi connectivity index (χ1) is 14.8. The lowest BCUT2D eigenvalue weighted by atomic mass is 9.88. The molecule has 2 atom stereocenters. The molecule has 3 aliphatic rings. The van der Waals surface area contributed by atoms with E-state index in [2.05, 4.69) is 9.99 Å². The first-order valence-electron chi connectivity index (χ1n) is 9.73. The average molecular weight is 447 g/mol. The number of oxime groups is 1. The predicted octanol–water partition coefficient (Wildman–Crippen LogP) is 3.93. The molecule has 2 unspecified atom stereocenters. The summed E-state index contributed by atoms with van der Waals surface area (Å²) in [5, 5.41) is 3.71. The van der Waals surface area contributed by atoms with E-state index < -0.39 is 52.5 Å². The maximum atomic E-state index is 13.9. The van der Waals surface area contributed by atoms with Crippen LogP contribution in [-0.4, -0.2) is 42.9 Å². The highest BCUT2D eigenvalue weighted by Gasteiger charge is 2.46. The zero-order chi connectivity index (χ0) is 22.2. The summed E-state index contributed by atoms with van der Waals surface area (Å²) in [6, 6.07) is 0. The fourth-order valence-corrected chi connectivity index (χ4v) is 3.79. The van der Waals surface area contributed by atoms with E-state index in [0.29, 0.717) is 32.5 Å². The smallest absolute Gasteiger partial charge is 0.357 e. The van der Waals surface area contributed by atoms with Crippen molar-refractivity contribution in [3.05, 3.63) is 46.8 Å². The molecule has 3 aliphatic heterocycles. The van der Waals surface area contributed by atoms with Gasteiger partial charge in [-0.1, -0.05) is 11.2 Å². The van der Waals surface area contributed by atoms with E-state index >= 15 is 0 Å². The molecule has 3 heterocycles. The standard InChI is InChI=1S/C20H18F5NO5/c21-14-13(15(22)17(24)18(25)16(14)23)19(27)31-26-11(2-3-12-28-8-1-9-29-12)20-6-4-10(30-20)5-7-20/h4,6,10,12H,1-3,5,7-9H2/b26-11-. The highest BCUT2D eigenvalue weighted by Crippen LogP contribution is 2.40. The Morgan fingerprint density at radius 2 is 1.71 bits per heavy atom. The van der Waals surface area contributed by atoms with Gasteiger partial charge >= 0.3 is 5.97 Å². The van der Waals surface area contributed by atoms with Gasteiger partial charge < -0.3 is 19.0 Å². The van der Waals surface area contributed by atoms with Crippen LogP contribution in [0.25, 0.3) is 0 Å². The molecule has 6 nitrogen and oxygen atoms in total. The van der Waals surface area contributed by atoms with Crippen molar-refractivity contribution in [1.82, 2.24) is 0 Å². The minimum atomic E-state index is -2.37. The number of fused-ring (bicyclic) bond motifs is 2. The van der Waals surface area contributed by atoms with E-state index in [4.69, 9.17) is 14.2 Å². The minimum Gasteiger partial charge on any atom is -0.357 e. The van der Waals surface area contributed by atoms with E-state index in [1.165, 1.54) is 0 Å². The molecular formula is C20H18F5NO5. The Balaban J connectivity index is 1.57. The van der Waals surface area contributed by atoms with Crippen molar-refractivity contribution in [2.24, 2.45) is 5.16 Å². The van der Waals surface area contributed by atoms with E-state index in [-0.39, 0.29) is 18.2 Å². The summed E-state index contributed by atoms with van der Waals surface area (Å²) in [5.41, 5.74) is -2.47. The third-order valence-corrected chi connectivity index (χ3v) is 5.40. The van der Waals surface area contributed by atoms with Crippen molar-refractivity contribution in [2.75, 3.05) is 13.2 Å². The third-order valence-electron chi connectivity index (χ3n) is 5.40. The Kier molecular flexibility index (Phi) is 6.09. The molecule has 2 fully saturated rings. The van der Waals surface area contributed by atoms with Crippen LogP contribution in [0.4, 0.5) is 22.0 Å².